The second-order valence-electron chi connectivity index (χ2n) is 6.98. The quantitative estimate of drug-likeness (QED) is 0.542. The molecule has 2 heteroatoms. The zero-order valence-electron chi connectivity index (χ0n) is 14.1. The van der Waals surface area contributed by atoms with Crippen molar-refractivity contribution in [2.24, 2.45) is 11.8 Å². The number of hydrogen-bond acceptors (Lipinski definition) is 0. The largest absolute Gasteiger partial charge is 0.203 e. The Morgan fingerprint density at radius 2 is 1.27 bits per heavy atom. The minimum atomic E-state index is -0.619. The van der Waals surface area contributed by atoms with Crippen LogP contribution in [0.5, 0.6) is 0 Å². The first-order valence-electron chi connectivity index (χ1n) is 9.11. The van der Waals surface area contributed by atoms with Crippen molar-refractivity contribution in [3.8, 4) is 0 Å². The van der Waals surface area contributed by atoms with Crippen molar-refractivity contribution in [2.75, 3.05) is 0 Å². The normalized spacial score (nSPS) is 22.0. The maximum atomic E-state index is 14.1. The lowest BCUT2D eigenvalue weighted by molar-refractivity contribution is 0.251. The van der Waals surface area contributed by atoms with Gasteiger partial charge in [0.15, 0.2) is 11.6 Å². The van der Waals surface area contributed by atoms with Gasteiger partial charge in [0.1, 0.15) is 0 Å². The Kier molecular flexibility index (Phi) is 6.85. The summed E-state index contributed by atoms with van der Waals surface area (Å²) < 4.78 is 28.1. The zero-order chi connectivity index (χ0) is 15.9. The third kappa shape index (κ3) is 4.54. The predicted octanol–water partition coefficient (Wildman–Crippen LogP) is 6.46. The van der Waals surface area contributed by atoms with E-state index in [0.29, 0.717) is 29.9 Å². The standard InChI is InChI=1S/C20H30F2/c1-3-5-15-7-9-16(10-8-15)11-12-18-14-13-17(6-4-2)19(21)20(18)22/h13-16H,3-12H2,1-2H3. The molecule has 1 aromatic carbocycles. The van der Waals surface area contributed by atoms with E-state index in [1.54, 1.807) is 12.1 Å². The van der Waals surface area contributed by atoms with E-state index in [2.05, 4.69) is 6.92 Å². The lowest BCUT2D eigenvalue weighted by Gasteiger charge is -2.28. The predicted molar refractivity (Wildman–Crippen MR) is 89.0 cm³/mol. The molecule has 0 unspecified atom stereocenters. The van der Waals surface area contributed by atoms with Crippen LogP contribution in [0.3, 0.4) is 0 Å². The Labute approximate surface area is 134 Å². The van der Waals surface area contributed by atoms with Gasteiger partial charge in [-0.05, 0) is 42.2 Å². The van der Waals surface area contributed by atoms with Gasteiger partial charge in [-0.3, -0.25) is 0 Å². The summed E-state index contributed by atoms with van der Waals surface area (Å²) in [5, 5.41) is 0. The Hall–Kier alpha value is -0.920. The summed E-state index contributed by atoms with van der Waals surface area (Å²) in [4.78, 5) is 0. The molecule has 0 aliphatic heterocycles. The highest BCUT2D eigenvalue weighted by atomic mass is 19.2. The van der Waals surface area contributed by atoms with Crippen molar-refractivity contribution in [1.82, 2.24) is 0 Å². The van der Waals surface area contributed by atoms with Crippen LogP contribution >= 0.6 is 0 Å². The third-order valence-electron chi connectivity index (χ3n) is 5.25. The Morgan fingerprint density at radius 3 is 1.77 bits per heavy atom. The maximum Gasteiger partial charge on any atom is 0.162 e. The molecule has 1 fully saturated rings. The molecule has 0 nitrogen and oxygen atoms in total. The molecular formula is C20H30F2. The second-order valence-corrected chi connectivity index (χ2v) is 6.98. The molecule has 1 aliphatic rings. The first-order chi connectivity index (χ1) is 10.7. The van der Waals surface area contributed by atoms with Crippen LogP contribution in [0, 0.1) is 23.5 Å². The molecular weight excluding hydrogens is 278 g/mol. The van der Waals surface area contributed by atoms with E-state index in [-0.39, 0.29) is 0 Å². The summed E-state index contributed by atoms with van der Waals surface area (Å²) in [6.45, 7) is 4.24. The summed E-state index contributed by atoms with van der Waals surface area (Å²) >= 11 is 0. The second kappa shape index (κ2) is 8.64. The van der Waals surface area contributed by atoms with Gasteiger partial charge in [-0.1, -0.05) is 70.9 Å². The molecule has 0 amide bonds. The van der Waals surface area contributed by atoms with Crippen LogP contribution in [0.1, 0.15) is 76.3 Å². The lowest BCUT2D eigenvalue weighted by atomic mass is 9.78. The molecule has 1 aliphatic carbocycles. The molecule has 0 bridgehead atoms. The van der Waals surface area contributed by atoms with Gasteiger partial charge in [0.2, 0.25) is 0 Å². The van der Waals surface area contributed by atoms with Crippen LogP contribution in [0.4, 0.5) is 8.78 Å². The zero-order valence-corrected chi connectivity index (χ0v) is 14.1. The summed E-state index contributed by atoms with van der Waals surface area (Å²) in [5.74, 6) is 0.381. The first kappa shape index (κ1) is 17.4. The minimum Gasteiger partial charge on any atom is -0.203 e. The third-order valence-corrected chi connectivity index (χ3v) is 5.25. The fourth-order valence-corrected chi connectivity index (χ4v) is 3.86. The number of aryl methyl sites for hydroxylation is 2. The molecule has 22 heavy (non-hydrogen) atoms. The van der Waals surface area contributed by atoms with Crippen LogP contribution in [0.25, 0.3) is 0 Å². The number of rotatable bonds is 7. The van der Waals surface area contributed by atoms with E-state index >= 15 is 0 Å². The van der Waals surface area contributed by atoms with Crippen LogP contribution in [-0.4, -0.2) is 0 Å². The number of hydrogen-bond donors (Lipinski definition) is 0. The number of halogens is 2. The van der Waals surface area contributed by atoms with Crippen molar-refractivity contribution in [3.05, 3.63) is 34.9 Å². The van der Waals surface area contributed by atoms with Crippen LogP contribution < -0.4 is 0 Å². The molecule has 124 valence electrons. The SMILES string of the molecule is CCCc1ccc(CCC2CCC(CCC)CC2)c(F)c1F. The van der Waals surface area contributed by atoms with E-state index in [0.717, 1.165) is 18.8 Å². The van der Waals surface area contributed by atoms with Crippen LogP contribution in [0.15, 0.2) is 12.1 Å². The Bertz CT molecular complexity index is 459. The maximum absolute atomic E-state index is 14.1. The van der Waals surface area contributed by atoms with Crippen molar-refractivity contribution in [1.29, 1.82) is 0 Å². The molecule has 0 saturated heterocycles. The minimum absolute atomic E-state index is 0.517. The van der Waals surface area contributed by atoms with E-state index in [1.807, 2.05) is 6.92 Å². The van der Waals surface area contributed by atoms with Crippen LogP contribution in [-0.2, 0) is 12.8 Å². The summed E-state index contributed by atoms with van der Waals surface area (Å²) in [5.41, 5.74) is 1.08. The van der Waals surface area contributed by atoms with Gasteiger partial charge in [0, 0.05) is 0 Å². The van der Waals surface area contributed by atoms with Gasteiger partial charge in [-0.15, -0.1) is 0 Å². The highest BCUT2D eigenvalue weighted by Crippen LogP contribution is 2.34. The fourth-order valence-electron chi connectivity index (χ4n) is 3.86. The monoisotopic (exact) mass is 308 g/mol. The summed E-state index contributed by atoms with van der Waals surface area (Å²) in [6.07, 6.45) is 11.0. The Balaban J connectivity index is 1.86. The van der Waals surface area contributed by atoms with E-state index in [1.165, 1.54) is 38.5 Å². The Morgan fingerprint density at radius 1 is 0.773 bits per heavy atom. The average molecular weight is 308 g/mol. The van der Waals surface area contributed by atoms with E-state index < -0.39 is 11.6 Å². The molecule has 0 heterocycles. The highest BCUT2D eigenvalue weighted by Gasteiger charge is 2.21. The van der Waals surface area contributed by atoms with Gasteiger partial charge in [0.05, 0.1) is 0 Å². The summed E-state index contributed by atoms with van der Waals surface area (Å²) in [6, 6.07) is 3.57. The average Bonchev–Trinajstić information content (AvgIpc) is 2.53. The van der Waals surface area contributed by atoms with Crippen LogP contribution in [0.2, 0.25) is 0 Å². The lowest BCUT2D eigenvalue weighted by Crippen LogP contribution is -2.15. The van der Waals surface area contributed by atoms with Gasteiger partial charge in [0.25, 0.3) is 0 Å². The van der Waals surface area contributed by atoms with Crippen molar-refractivity contribution >= 4 is 0 Å². The molecule has 0 radical (unpaired) electrons. The van der Waals surface area contributed by atoms with Gasteiger partial charge >= 0.3 is 0 Å². The summed E-state index contributed by atoms with van der Waals surface area (Å²) in [7, 11) is 0. The topological polar surface area (TPSA) is 0 Å². The van der Waals surface area contributed by atoms with Gasteiger partial charge in [-0.2, -0.15) is 0 Å². The fraction of sp³-hybridized carbons (Fsp3) is 0.700. The first-order valence-corrected chi connectivity index (χ1v) is 9.11. The molecule has 0 aromatic heterocycles. The molecule has 1 aromatic rings. The molecule has 2 rings (SSSR count). The molecule has 0 atom stereocenters. The van der Waals surface area contributed by atoms with E-state index in [9.17, 15) is 8.78 Å². The van der Waals surface area contributed by atoms with Crippen molar-refractivity contribution < 1.29 is 8.78 Å². The van der Waals surface area contributed by atoms with Crippen molar-refractivity contribution in [2.45, 2.75) is 78.1 Å². The van der Waals surface area contributed by atoms with Gasteiger partial charge in [-0.25, -0.2) is 8.78 Å². The van der Waals surface area contributed by atoms with E-state index in [4.69, 9.17) is 0 Å². The highest BCUT2D eigenvalue weighted by molar-refractivity contribution is 5.26. The molecule has 1 saturated carbocycles. The molecule has 0 N–H and O–H groups in total. The van der Waals surface area contributed by atoms with Crippen molar-refractivity contribution in [3.63, 3.8) is 0 Å². The van der Waals surface area contributed by atoms with Gasteiger partial charge < -0.3 is 0 Å². The smallest absolute Gasteiger partial charge is 0.162 e. The molecule has 0 spiro atoms. The number of benzene rings is 1.